The van der Waals surface area contributed by atoms with Gasteiger partial charge in [0.05, 0.1) is 30.2 Å². The van der Waals surface area contributed by atoms with Gasteiger partial charge in [-0.05, 0) is 47.7 Å². The molecule has 8 rings (SSSR count). The number of nitrogens with zero attached hydrogens (tertiary/aromatic N) is 6. The molecule has 1 saturated heterocycles. The predicted molar refractivity (Wildman–Crippen MR) is 198 cm³/mol. The first-order valence-electron chi connectivity index (χ1n) is 17.9. The summed E-state index contributed by atoms with van der Waals surface area (Å²) < 4.78 is 2.24. The first-order chi connectivity index (χ1) is 26.2. The van der Waals surface area contributed by atoms with Gasteiger partial charge in [-0.15, -0.1) is 0 Å². The number of piperidine rings is 1. The number of pyridine rings is 2. The van der Waals surface area contributed by atoms with Crippen LogP contribution in [-0.4, -0.2) is 78.0 Å². The van der Waals surface area contributed by atoms with Gasteiger partial charge in [-0.1, -0.05) is 43.0 Å². The maximum Gasteiger partial charge on any atom is 0.270 e. The fraction of sp³-hybridized carbons (Fsp3) is 0.268. The largest absolute Gasteiger partial charge is 0.340 e. The minimum absolute atomic E-state index is 0.0507. The molecule has 13 heteroatoms. The van der Waals surface area contributed by atoms with Crippen LogP contribution in [0.15, 0.2) is 67.0 Å². The van der Waals surface area contributed by atoms with Crippen molar-refractivity contribution in [3.8, 4) is 34.4 Å². The Morgan fingerprint density at radius 2 is 1.81 bits per heavy atom. The molecule has 3 aromatic heterocycles. The Bertz CT molecular complexity index is 2460. The summed E-state index contributed by atoms with van der Waals surface area (Å²) in [5, 5.41) is 7.02. The van der Waals surface area contributed by atoms with Gasteiger partial charge in [0.2, 0.25) is 17.7 Å². The second-order valence-electron chi connectivity index (χ2n) is 13.5. The lowest BCUT2D eigenvalue weighted by Gasteiger charge is -2.29. The second-order valence-corrected chi connectivity index (χ2v) is 13.5. The third-order valence-corrected chi connectivity index (χ3v) is 10.3. The standard InChI is InChI=1S/C41H36N8O5/c1-3-36-45-38(35-23-47(24(2)50)17-18-48(35)36)28-10-5-8-26-19-33(44-21-30(26)28)27-12-13-32(43-20-27)39(52)42-16-6-9-25-7-4-11-29-31(25)22-49(41(29)54)34-14-15-37(51)46-40(34)53/h4-5,7-8,10-13,19-21,34H,3,14-18,22-23H2,1-2H3,(H,42,52)(H,46,51,53)/t34-/m1/s1. The van der Waals surface area contributed by atoms with Crippen LogP contribution in [0.1, 0.15) is 70.2 Å². The number of imidazole rings is 1. The van der Waals surface area contributed by atoms with Gasteiger partial charge in [0.1, 0.15) is 17.6 Å². The van der Waals surface area contributed by atoms with E-state index in [1.165, 1.54) is 4.90 Å². The van der Waals surface area contributed by atoms with Gasteiger partial charge in [-0.2, -0.15) is 0 Å². The summed E-state index contributed by atoms with van der Waals surface area (Å²) in [7, 11) is 0. The van der Waals surface area contributed by atoms with Gasteiger partial charge in [0.15, 0.2) is 0 Å². The van der Waals surface area contributed by atoms with E-state index in [1.807, 2.05) is 35.4 Å². The first-order valence-corrected chi connectivity index (χ1v) is 17.9. The third kappa shape index (κ3) is 6.25. The van der Waals surface area contributed by atoms with E-state index >= 15 is 0 Å². The van der Waals surface area contributed by atoms with Crippen LogP contribution < -0.4 is 10.6 Å². The lowest BCUT2D eigenvalue weighted by Crippen LogP contribution is -2.52. The number of carbonyl (C=O) groups is 5. The van der Waals surface area contributed by atoms with Gasteiger partial charge < -0.3 is 19.7 Å². The predicted octanol–water partition coefficient (Wildman–Crippen LogP) is 3.63. The van der Waals surface area contributed by atoms with Gasteiger partial charge in [-0.3, -0.25) is 39.3 Å². The van der Waals surface area contributed by atoms with Crippen molar-refractivity contribution >= 4 is 40.3 Å². The molecule has 6 heterocycles. The summed E-state index contributed by atoms with van der Waals surface area (Å²) in [6.07, 6.45) is 4.71. The maximum absolute atomic E-state index is 13.1. The number of carbonyl (C=O) groups excluding carboxylic acids is 5. The number of aryl methyl sites for hydroxylation is 1. The number of imide groups is 1. The molecule has 2 aromatic carbocycles. The van der Waals surface area contributed by atoms with E-state index in [0.717, 1.165) is 52.1 Å². The van der Waals surface area contributed by atoms with Crippen LogP contribution in [0.5, 0.6) is 0 Å². The number of aromatic nitrogens is 4. The zero-order valence-electron chi connectivity index (χ0n) is 29.8. The molecule has 1 fully saturated rings. The highest BCUT2D eigenvalue weighted by atomic mass is 16.2. The van der Waals surface area contributed by atoms with E-state index in [2.05, 4.69) is 38.9 Å². The second kappa shape index (κ2) is 14.0. The van der Waals surface area contributed by atoms with Crippen LogP contribution >= 0.6 is 0 Å². The Morgan fingerprint density at radius 1 is 0.981 bits per heavy atom. The Labute approximate surface area is 310 Å². The van der Waals surface area contributed by atoms with Crippen molar-refractivity contribution in [1.29, 1.82) is 0 Å². The molecule has 0 aliphatic carbocycles. The summed E-state index contributed by atoms with van der Waals surface area (Å²) in [6, 6.07) is 16.0. The lowest BCUT2D eigenvalue weighted by molar-refractivity contribution is -0.137. The van der Waals surface area contributed by atoms with Gasteiger partial charge in [-0.25, -0.2) is 4.98 Å². The quantitative estimate of drug-likeness (QED) is 0.199. The number of hydrogen-bond donors (Lipinski definition) is 2. The highest BCUT2D eigenvalue weighted by molar-refractivity contribution is 6.05. The minimum atomic E-state index is -0.707. The van der Waals surface area contributed by atoms with Crippen LogP contribution in [0.4, 0.5) is 0 Å². The molecular formula is C41H36N8O5. The number of rotatable bonds is 6. The van der Waals surface area contributed by atoms with Gasteiger partial charge in [0, 0.05) is 79.4 Å². The molecule has 1 atom stereocenters. The molecule has 2 N–H and O–H groups in total. The van der Waals surface area contributed by atoms with Crippen LogP contribution in [0, 0.1) is 11.8 Å². The number of benzene rings is 2. The minimum Gasteiger partial charge on any atom is -0.340 e. The monoisotopic (exact) mass is 720 g/mol. The Hall–Kier alpha value is -6.68. The van der Waals surface area contributed by atoms with E-state index in [4.69, 9.17) is 9.97 Å². The summed E-state index contributed by atoms with van der Waals surface area (Å²) in [5.41, 5.74) is 6.39. The highest BCUT2D eigenvalue weighted by Gasteiger charge is 2.39. The highest BCUT2D eigenvalue weighted by Crippen LogP contribution is 2.35. The van der Waals surface area contributed by atoms with E-state index in [1.54, 1.807) is 43.5 Å². The Balaban J connectivity index is 0.942. The lowest BCUT2D eigenvalue weighted by atomic mass is 10.0. The molecule has 0 unspecified atom stereocenters. The van der Waals surface area contributed by atoms with Crippen molar-refractivity contribution in [1.82, 2.24) is 40.0 Å². The molecule has 5 aromatic rings. The number of fused-ring (bicyclic) bond motifs is 3. The van der Waals surface area contributed by atoms with E-state index < -0.39 is 11.9 Å². The zero-order chi connectivity index (χ0) is 37.5. The fourth-order valence-electron chi connectivity index (χ4n) is 7.47. The van der Waals surface area contributed by atoms with E-state index in [0.29, 0.717) is 35.5 Å². The van der Waals surface area contributed by atoms with Gasteiger partial charge >= 0.3 is 0 Å². The molecule has 270 valence electrons. The van der Waals surface area contributed by atoms with Crippen molar-refractivity contribution in [3.05, 3.63) is 101 Å². The Morgan fingerprint density at radius 3 is 2.59 bits per heavy atom. The van der Waals surface area contributed by atoms with Crippen molar-refractivity contribution in [2.75, 3.05) is 13.1 Å². The number of nitrogens with one attached hydrogen (secondary N) is 2. The van der Waals surface area contributed by atoms with Crippen LogP contribution in [-0.2, 0) is 40.4 Å². The van der Waals surface area contributed by atoms with E-state index in [-0.39, 0.29) is 55.3 Å². The van der Waals surface area contributed by atoms with Crippen molar-refractivity contribution in [3.63, 3.8) is 0 Å². The molecule has 3 aliphatic rings. The van der Waals surface area contributed by atoms with E-state index in [9.17, 15) is 24.0 Å². The average Bonchev–Trinajstić information content (AvgIpc) is 3.73. The molecule has 3 aliphatic heterocycles. The topological polar surface area (TPSA) is 159 Å². The molecule has 13 nitrogen and oxygen atoms in total. The van der Waals surface area contributed by atoms with Crippen LogP contribution in [0.2, 0.25) is 0 Å². The summed E-state index contributed by atoms with van der Waals surface area (Å²) in [6.45, 7) is 5.87. The summed E-state index contributed by atoms with van der Waals surface area (Å²) in [5.74, 6) is 5.61. The Kier molecular flexibility index (Phi) is 8.95. The molecule has 0 spiro atoms. The molecular weight excluding hydrogens is 685 g/mol. The molecule has 0 radical (unpaired) electrons. The van der Waals surface area contributed by atoms with Crippen molar-refractivity contribution in [2.45, 2.75) is 58.8 Å². The van der Waals surface area contributed by atoms with Crippen molar-refractivity contribution in [2.24, 2.45) is 0 Å². The summed E-state index contributed by atoms with van der Waals surface area (Å²) >= 11 is 0. The smallest absolute Gasteiger partial charge is 0.270 e. The molecule has 0 saturated carbocycles. The SMILES string of the molecule is CCc1nc(-c2cccc3cc(-c4ccc(C(=O)NCC#Cc5cccc6c5CN([C@@H]5CCC(=O)NC5=O)C6=O)nc4)ncc23)c2n1CCN(C(C)=O)C2. The fourth-order valence-corrected chi connectivity index (χ4v) is 7.47. The van der Waals surface area contributed by atoms with Crippen LogP contribution in [0.25, 0.3) is 33.3 Å². The number of amides is 5. The zero-order valence-corrected chi connectivity index (χ0v) is 29.8. The molecule has 0 bridgehead atoms. The average molecular weight is 721 g/mol. The first kappa shape index (κ1) is 34.4. The van der Waals surface area contributed by atoms with Gasteiger partial charge in [0.25, 0.3) is 11.8 Å². The maximum atomic E-state index is 13.1. The third-order valence-electron chi connectivity index (χ3n) is 10.3. The molecule has 54 heavy (non-hydrogen) atoms. The number of hydrogen-bond acceptors (Lipinski definition) is 8. The normalized spacial score (nSPS) is 16.4. The summed E-state index contributed by atoms with van der Waals surface area (Å²) in [4.78, 5) is 79.8. The molecule has 5 amide bonds. The van der Waals surface area contributed by atoms with Crippen molar-refractivity contribution < 1.29 is 24.0 Å². The van der Waals surface area contributed by atoms with Crippen LogP contribution in [0.3, 0.4) is 0 Å².